The van der Waals surface area contributed by atoms with Crippen molar-refractivity contribution in [3.8, 4) is 5.75 Å². The topological polar surface area (TPSA) is 48.1 Å². The minimum absolute atomic E-state index is 0.0865. The summed E-state index contributed by atoms with van der Waals surface area (Å²) in [5.74, 6) is -1.88. The summed E-state index contributed by atoms with van der Waals surface area (Å²) in [5.41, 5.74) is 4.30. The van der Waals surface area contributed by atoms with Gasteiger partial charge in [0, 0.05) is 5.33 Å². The molecule has 0 aromatic carbocycles. The van der Waals surface area contributed by atoms with Crippen LogP contribution in [0.15, 0.2) is 6.07 Å². The number of alkyl halides is 6. The lowest BCUT2D eigenvalue weighted by atomic mass is 10.2. The number of nitrogens with zero attached hydrogens (tertiary/aromatic N) is 1. The number of hydrogen-bond donors (Lipinski definition) is 1. The van der Waals surface area contributed by atoms with Crippen LogP contribution in [0, 0.1) is 0 Å². The van der Waals surface area contributed by atoms with E-state index in [1.807, 2.05) is 0 Å². The van der Waals surface area contributed by atoms with Crippen LogP contribution in [0.1, 0.15) is 17.7 Å². The second-order valence-electron chi connectivity index (χ2n) is 2.90. The predicted molar refractivity (Wildman–Crippen MR) is 52.9 cm³/mol. The number of rotatable bonds is 3. The molecule has 17 heavy (non-hydrogen) atoms. The van der Waals surface area contributed by atoms with Crippen LogP contribution in [0.3, 0.4) is 0 Å². The van der Waals surface area contributed by atoms with E-state index in [0.29, 0.717) is 0 Å². The van der Waals surface area contributed by atoms with E-state index in [0.717, 1.165) is 6.07 Å². The van der Waals surface area contributed by atoms with Gasteiger partial charge in [-0.2, -0.15) is 0 Å². The zero-order chi connectivity index (χ0) is 13.2. The van der Waals surface area contributed by atoms with Gasteiger partial charge in [-0.25, -0.2) is 13.8 Å². The van der Waals surface area contributed by atoms with E-state index >= 15 is 0 Å². The first-order chi connectivity index (χ1) is 7.74. The van der Waals surface area contributed by atoms with Crippen molar-refractivity contribution in [1.82, 2.24) is 4.98 Å². The van der Waals surface area contributed by atoms with Gasteiger partial charge in [0.15, 0.2) is 11.6 Å². The van der Waals surface area contributed by atoms with Crippen molar-refractivity contribution in [1.29, 1.82) is 0 Å². The van der Waals surface area contributed by atoms with Crippen LogP contribution in [-0.2, 0) is 5.33 Å². The Balaban J connectivity index is 3.27. The molecule has 3 nitrogen and oxygen atoms in total. The fourth-order valence-electron chi connectivity index (χ4n) is 1.09. The molecule has 2 N–H and O–H groups in total. The van der Waals surface area contributed by atoms with Gasteiger partial charge in [-0.15, -0.1) is 13.2 Å². The van der Waals surface area contributed by atoms with E-state index in [-0.39, 0.29) is 11.0 Å². The molecule has 0 aliphatic heterocycles. The van der Waals surface area contributed by atoms with Crippen molar-refractivity contribution in [3.63, 3.8) is 0 Å². The molecule has 0 saturated heterocycles. The summed E-state index contributed by atoms with van der Waals surface area (Å²) in [6.07, 6.45) is -8.24. The van der Waals surface area contributed by atoms with E-state index in [9.17, 15) is 22.0 Å². The van der Waals surface area contributed by atoms with Gasteiger partial charge < -0.3 is 10.5 Å². The van der Waals surface area contributed by atoms with Gasteiger partial charge >= 0.3 is 6.36 Å². The van der Waals surface area contributed by atoms with Crippen molar-refractivity contribution in [2.24, 2.45) is 0 Å². The number of aromatic nitrogens is 1. The Morgan fingerprint density at radius 1 is 1.41 bits per heavy atom. The summed E-state index contributed by atoms with van der Waals surface area (Å²) >= 11 is 2.93. The fraction of sp³-hybridized carbons (Fsp3) is 0.375. The molecule has 0 fully saturated rings. The minimum atomic E-state index is -5.10. The average Bonchev–Trinajstić information content (AvgIpc) is 2.18. The lowest BCUT2D eigenvalue weighted by Gasteiger charge is -2.15. The van der Waals surface area contributed by atoms with Crippen LogP contribution < -0.4 is 10.5 Å². The lowest BCUT2D eigenvalue weighted by molar-refractivity contribution is -0.275. The van der Waals surface area contributed by atoms with Crippen molar-refractivity contribution in [2.75, 3.05) is 5.73 Å². The standard InChI is InChI=1S/C8H6BrF5N2O/c9-2-3-1-4(6(10)11)5(7(15)16-3)17-8(12,13)14/h1,6H,2H2,(H2,15,16). The van der Waals surface area contributed by atoms with Gasteiger partial charge in [0.2, 0.25) is 0 Å². The smallest absolute Gasteiger partial charge is 0.401 e. The predicted octanol–water partition coefficient (Wildman–Crippen LogP) is 3.39. The number of nitrogen functional groups attached to an aromatic ring is 1. The van der Waals surface area contributed by atoms with E-state index in [4.69, 9.17) is 5.73 Å². The maximum atomic E-state index is 12.6. The molecule has 1 aromatic rings. The molecule has 1 heterocycles. The molecule has 0 amide bonds. The van der Waals surface area contributed by atoms with Crippen LogP contribution in [0.5, 0.6) is 5.75 Å². The first kappa shape index (κ1) is 13.9. The normalized spacial score (nSPS) is 11.9. The highest BCUT2D eigenvalue weighted by Crippen LogP contribution is 2.37. The molecule has 0 atom stereocenters. The van der Waals surface area contributed by atoms with Gasteiger partial charge in [0.1, 0.15) is 0 Å². The Labute approximate surface area is 101 Å². The molecule has 96 valence electrons. The fourth-order valence-corrected chi connectivity index (χ4v) is 1.38. The van der Waals surface area contributed by atoms with Crippen LogP contribution in [0.25, 0.3) is 0 Å². The summed E-state index contributed by atoms with van der Waals surface area (Å²) in [7, 11) is 0. The van der Waals surface area contributed by atoms with Gasteiger partial charge in [0.25, 0.3) is 6.43 Å². The molecule has 0 radical (unpaired) electrons. The maximum Gasteiger partial charge on any atom is 0.573 e. The Morgan fingerprint density at radius 2 is 2.00 bits per heavy atom. The Hall–Kier alpha value is -1.12. The second-order valence-corrected chi connectivity index (χ2v) is 3.46. The quantitative estimate of drug-likeness (QED) is 0.686. The lowest BCUT2D eigenvalue weighted by Crippen LogP contribution is -2.20. The highest BCUT2D eigenvalue weighted by molar-refractivity contribution is 9.08. The van der Waals surface area contributed by atoms with Crippen LogP contribution in [0.2, 0.25) is 0 Å². The number of hydrogen-bond acceptors (Lipinski definition) is 3. The average molecular weight is 321 g/mol. The Morgan fingerprint density at radius 3 is 2.41 bits per heavy atom. The van der Waals surface area contributed by atoms with E-state index in [1.54, 1.807) is 0 Å². The third-order valence-corrected chi connectivity index (χ3v) is 2.25. The largest absolute Gasteiger partial charge is 0.573 e. The highest BCUT2D eigenvalue weighted by atomic mass is 79.9. The minimum Gasteiger partial charge on any atom is -0.401 e. The number of pyridine rings is 1. The van der Waals surface area contributed by atoms with Gasteiger partial charge in [-0.05, 0) is 6.07 Å². The molecule has 0 aliphatic carbocycles. The molecule has 0 bridgehead atoms. The van der Waals surface area contributed by atoms with Crippen molar-refractivity contribution >= 4 is 21.7 Å². The van der Waals surface area contributed by atoms with E-state index in [1.165, 1.54) is 0 Å². The van der Waals surface area contributed by atoms with Crippen molar-refractivity contribution in [2.45, 2.75) is 18.1 Å². The molecule has 0 unspecified atom stereocenters. The molecular weight excluding hydrogens is 315 g/mol. The first-order valence-corrected chi connectivity index (χ1v) is 5.26. The Kier molecular flexibility index (Phi) is 4.12. The third-order valence-electron chi connectivity index (χ3n) is 1.67. The number of anilines is 1. The summed E-state index contributed by atoms with van der Waals surface area (Å²) in [6, 6.07) is 0.802. The Bertz CT molecular complexity index is 410. The second kappa shape index (κ2) is 5.03. The zero-order valence-corrected chi connectivity index (χ0v) is 9.65. The van der Waals surface area contributed by atoms with Crippen LogP contribution in [0.4, 0.5) is 27.8 Å². The monoisotopic (exact) mass is 320 g/mol. The zero-order valence-electron chi connectivity index (χ0n) is 8.06. The molecule has 1 aromatic heterocycles. The van der Waals surface area contributed by atoms with Gasteiger partial charge in [-0.1, -0.05) is 15.9 Å². The number of halogens is 6. The maximum absolute atomic E-state index is 12.6. The SMILES string of the molecule is Nc1nc(CBr)cc(C(F)F)c1OC(F)(F)F. The summed E-state index contributed by atoms with van der Waals surface area (Å²) in [4.78, 5) is 3.49. The third kappa shape index (κ3) is 3.69. The molecule has 0 aliphatic rings. The van der Waals surface area contributed by atoms with Crippen LogP contribution >= 0.6 is 15.9 Å². The molecule has 0 spiro atoms. The van der Waals surface area contributed by atoms with E-state index < -0.39 is 29.9 Å². The first-order valence-electron chi connectivity index (χ1n) is 4.13. The molecule has 0 saturated carbocycles. The molecular formula is C8H6BrF5N2O. The molecule has 9 heteroatoms. The van der Waals surface area contributed by atoms with Crippen molar-refractivity contribution in [3.05, 3.63) is 17.3 Å². The van der Waals surface area contributed by atoms with Crippen LogP contribution in [-0.4, -0.2) is 11.3 Å². The number of nitrogens with two attached hydrogens (primary N) is 1. The van der Waals surface area contributed by atoms with Gasteiger partial charge in [-0.3, -0.25) is 0 Å². The summed E-state index contributed by atoms with van der Waals surface area (Å²) in [6.45, 7) is 0. The molecule has 1 rings (SSSR count). The summed E-state index contributed by atoms with van der Waals surface area (Å²) < 4.78 is 64.5. The van der Waals surface area contributed by atoms with Gasteiger partial charge in [0.05, 0.1) is 11.3 Å². The number of ether oxygens (including phenoxy) is 1. The van der Waals surface area contributed by atoms with E-state index in [2.05, 4.69) is 25.7 Å². The highest BCUT2D eigenvalue weighted by Gasteiger charge is 2.35. The summed E-state index contributed by atoms with van der Waals surface area (Å²) in [5, 5.41) is 0.0865. The van der Waals surface area contributed by atoms with Crippen molar-refractivity contribution < 1.29 is 26.7 Å².